The third kappa shape index (κ3) is 6.04. The van der Waals surface area contributed by atoms with Crippen LogP contribution in [-0.2, 0) is 22.6 Å². The van der Waals surface area contributed by atoms with Gasteiger partial charge in [-0.15, -0.1) is 0 Å². The van der Waals surface area contributed by atoms with E-state index in [4.69, 9.17) is 11.6 Å². The quantitative estimate of drug-likeness (QED) is 0.487. The molecule has 1 aliphatic rings. The van der Waals surface area contributed by atoms with Crippen molar-refractivity contribution >= 4 is 29.1 Å². The van der Waals surface area contributed by atoms with Crippen LogP contribution in [0.25, 0.3) is 0 Å². The zero-order valence-corrected chi connectivity index (χ0v) is 18.2. The zero-order valence-electron chi connectivity index (χ0n) is 17.4. The fraction of sp³-hybridized carbons (Fsp3) is 0.391. The molecule has 0 spiro atoms. The second-order valence-corrected chi connectivity index (χ2v) is 8.32. The van der Waals surface area contributed by atoms with Crippen molar-refractivity contribution < 1.29 is 14.5 Å². The second-order valence-electron chi connectivity index (χ2n) is 7.88. The van der Waals surface area contributed by atoms with Crippen LogP contribution < -0.4 is 5.32 Å². The average molecular weight is 444 g/mol. The highest BCUT2D eigenvalue weighted by Gasteiger charge is 2.29. The van der Waals surface area contributed by atoms with Crippen LogP contribution in [0.1, 0.15) is 43.7 Å². The third-order valence-corrected chi connectivity index (χ3v) is 5.88. The Hall–Kier alpha value is -2.93. The molecule has 0 saturated heterocycles. The summed E-state index contributed by atoms with van der Waals surface area (Å²) in [7, 11) is 0. The normalized spacial score (nSPS) is 14.8. The van der Waals surface area contributed by atoms with E-state index < -0.39 is 11.0 Å². The molecule has 1 N–H and O–H groups in total. The number of para-hydroxylation sites is 1. The van der Waals surface area contributed by atoms with Gasteiger partial charge < -0.3 is 10.2 Å². The molecule has 0 unspecified atom stereocenters. The van der Waals surface area contributed by atoms with Crippen molar-refractivity contribution in [1.82, 2.24) is 10.2 Å². The number of nitrogens with zero attached hydrogens (tertiary/aromatic N) is 2. The number of carbonyl (C=O) groups excluding carboxylic acids is 2. The van der Waals surface area contributed by atoms with Gasteiger partial charge in [0, 0.05) is 29.2 Å². The molecular formula is C23H26ClN3O4. The smallest absolute Gasteiger partial charge is 0.273 e. The monoisotopic (exact) mass is 443 g/mol. The maximum absolute atomic E-state index is 13.3. The average Bonchev–Trinajstić information content (AvgIpc) is 3.24. The van der Waals surface area contributed by atoms with Gasteiger partial charge in [-0.25, -0.2) is 0 Å². The van der Waals surface area contributed by atoms with Gasteiger partial charge in [-0.3, -0.25) is 19.7 Å². The standard InChI is InChI=1S/C23H26ClN3O4/c1-16(23(29)25-20-10-3-4-11-20)26(15-17-7-6-9-19(24)13-17)22(28)14-18-8-2-5-12-21(18)27(30)31/h2,5-9,12-13,16,20H,3-4,10-11,14-15H2,1H3,(H,25,29)/t16-/m1/s1. The van der Waals surface area contributed by atoms with Crippen LogP contribution >= 0.6 is 11.6 Å². The van der Waals surface area contributed by atoms with E-state index in [9.17, 15) is 19.7 Å². The number of halogens is 1. The summed E-state index contributed by atoms with van der Waals surface area (Å²) in [5, 5.41) is 14.9. The van der Waals surface area contributed by atoms with Gasteiger partial charge in [0.2, 0.25) is 11.8 Å². The first-order chi connectivity index (χ1) is 14.8. The summed E-state index contributed by atoms with van der Waals surface area (Å²) in [6.45, 7) is 1.87. The van der Waals surface area contributed by atoms with Gasteiger partial charge in [0.25, 0.3) is 5.69 Å². The minimum Gasteiger partial charge on any atom is -0.352 e. The van der Waals surface area contributed by atoms with Crippen molar-refractivity contribution in [3.63, 3.8) is 0 Å². The summed E-state index contributed by atoms with van der Waals surface area (Å²) in [5.74, 6) is -0.576. The number of amides is 2. The molecule has 7 nitrogen and oxygen atoms in total. The molecule has 164 valence electrons. The first kappa shape index (κ1) is 22.7. The highest BCUT2D eigenvalue weighted by atomic mass is 35.5. The minimum absolute atomic E-state index is 0.110. The maximum atomic E-state index is 13.3. The Morgan fingerprint density at radius 1 is 1.19 bits per heavy atom. The first-order valence-corrected chi connectivity index (χ1v) is 10.8. The van der Waals surface area contributed by atoms with Gasteiger partial charge in [0.1, 0.15) is 6.04 Å². The van der Waals surface area contributed by atoms with E-state index in [1.54, 1.807) is 43.3 Å². The Morgan fingerprint density at radius 2 is 1.90 bits per heavy atom. The predicted molar refractivity (Wildman–Crippen MR) is 119 cm³/mol. The molecule has 0 aromatic heterocycles. The van der Waals surface area contributed by atoms with Crippen LogP contribution in [-0.4, -0.2) is 33.7 Å². The lowest BCUT2D eigenvalue weighted by molar-refractivity contribution is -0.385. The third-order valence-electron chi connectivity index (χ3n) is 5.64. The van der Waals surface area contributed by atoms with Gasteiger partial charge in [0.05, 0.1) is 11.3 Å². The largest absolute Gasteiger partial charge is 0.352 e. The molecule has 2 amide bonds. The number of hydrogen-bond donors (Lipinski definition) is 1. The summed E-state index contributed by atoms with van der Waals surface area (Å²) >= 11 is 6.09. The molecule has 1 fully saturated rings. The number of benzene rings is 2. The first-order valence-electron chi connectivity index (χ1n) is 10.4. The highest BCUT2D eigenvalue weighted by molar-refractivity contribution is 6.30. The lowest BCUT2D eigenvalue weighted by Gasteiger charge is -2.30. The van der Waals surface area contributed by atoms with Gasteiger partial charge >= 0.3 is 0 Å². The molecule has 0 heterocycles. The van der Waals surface area contributed by atoms with E-state index in [0.717, 1.165) is 31.2 Å². The molecule has 0 aliphatic heterocycles. The number of rotatable bonds is 8. The number of nitrogens with one attached hydrogen (secondary N) is 1. The Balaban J connectivity index is 1.82. The van der Waals surface area contributed by atoms with Crippen LogP contribution in [0, 0.1) is 10.1 Å². The van der Waals surface area contributed by atoms with Crippen molar-refractivity contribution in [1.29, 1.82) is 0 Å². The molecule has 8 heteroatoms. The number of nitro benzene ring substituents is 1. The maximum Gasteiger partial charge on any atom is 0.273 e. The van der Waals surface area contributed by atoms with Crippen molar-refractivity contribution in [2.45, 2.75) is 57.7 Å². The van der Waals surface area contributed by atoms with Gasteiger partial charge in [-0.2, -0.15) is 0 Å². The molecule has 1 aliphatic carbocycles. The Morgan fingerprint density at radius 3 is 2.58 bits per heavy atom. The molecule has 3 rings (SSSR count). The Bertz CT molecular complexity index is 959. The van der Waals surface area contributed by atoms with Crippen LogP contribution in [0.5, 0.6) is 0 Å². The van der Waals surface area contributed by atoms with Crippen molar-refractivity contribution in [2.75, 3.05) is 0 Å². The highest BCUT2D eigenvalue weighted by Crippen LogP contribution is 2.22. The van der Waals surface area contributed by atoms with Crippen LogP contribution in [0.4, 0.5) is 5.69 Å². The number of nitro groups is 1. The summed E-state index contributed by atoms with van der Waals surface area (Å²) in [6, 6.07) is 12.7. The molecule has 31 heavy (non-hydrogen) atoms. The van der Waals surface area contributed by atoms with E-state index in [2.05, 4.69) is 5.32 Å². The van der Waals surface area contributed by atoms with E-state index in [1.165, 1.54) is 11.0 Å². The van der Waals surface area contributed by atoms with E-state index >= 15 is 0 Å². The molecule has 2 aromatic carbocycles. The fourth-order valence-electron chi connectivity index (χ4n) is 3.91. The SMILES string of the molecule is C[C@H](C(=O)NC1CCCC1)N(Cc1cccc(Cl)c1)C(=O)Cc1ccccc1[N+](=O)[O-]. The molecule has 0 bridgehead atoms. The lowest BCUT2D eigenvalue weighted by atomic mass is 10.1. The Labute approximate surface area is 186 Å². The van der Waals surface area contributed by atoms with Crippen LogP contribution in [0.2, 0.25) is 5.02 Å². The number of hydrogen-bond acceptors (Lipinski definition) is 4. The molecule has 0 radical (unpaired) electrons. The van der Waals surface area contributed by atoms with Crippen molar-refractivity contribution in [3.8, 4) is 0 Å². The van der Waals surface area contributed by atoms with Gasteiger partial charge in [-0.1, -0.05) is 54.8 Å². The lowest BCUT2D eigenvalue weighted by Crippen LogP contribution is -2.50. The molecule has 2 aromatic rings. The van der Waals surface area contributed by atoms with Crippen LogP contribution in [0.3, 0.4) is 0 Å². The Kier molecular flexibility index (Phi) is 7.63. The van der Waals surface area contributed by atoms with Gasteiger partial charge in [0.15, 0.2) is 0 Å². The summed E-state index contributed by atoms with van der Waals surface area (Å²) in [4.78, 5) is 38.4. The number of carbonyl (C=O) groups is 2. The fourth-order valence-corrected chi connectivity index (χ4v) is 4.12. The van der Waals surface area contributed by atoms with Gasteiger partial charge in [-0.05, 0) is 37.5 Å². The molecular weight excluding hydrogens is 418 g/mol. The predicted octanol–water partition coefficient (Wildman–Crippen LogP) is 4.27. The second kappa shape index (κ2) is 10.4. The summed E-state index contributed by atoms with van der Waals surface area (Å²) < 4.78 is 0. The van der Waals surface area contributed by atoms with Crippen molar-refractivity contribution in [2.24, 2.45) is 0 Å². The molecule has 1 atom stereocenters. The summed E-state index contributed by atoms with van der Waals surface area (Å²) in [6.07, 6.45) is 3.89. The van der Waals surface area contributed by atoms with Crippen LogP contribution in [0.15, 0.2) is 48.5 Å². The minimum atomic E-state index is -0.727. The van der Waals surface area contributed by atoms with E-state index in [0.29, 0.717) is 10.6 Å². The van der Waals surface area contributed by atoms with E-state index in [-0.39, 0.29) is 36.5 Å². The topological polar surface area (TPSA) is 92.6 Å². The van der Waals surface area contributed by atoms with E-state index in [1.807, 2.05) is 6.07 Å². The van der Waals surface area contributed by atoms with Crippen molar-refractivity contribution in [3.05, 3.63) is 74.8 Å². The summed E-state index contributed by atoms with van der Waals surface area (Å²) in [5.41, 5.74) is 0.988. The molecule has 1 saturated carbocycles. The zero-order chi connectivity index (χ0) is 22.4.